The first-order chi connectivity index (χ1) is 14.7. The van der Waals surface area contributed by atoms with Crippen LogP contribution in [0.5, 0.6) is 0 Å². The average Bonchev–Trinajstić information content (AvgIpc) is 3.21. The van der Waals surface area contributed by atoms with Crippen LogP contribution < -0.4 is 11.1 Å². The number of likely N-dealkylation sites (tertiary alicyclic amines) is 1. The van der Waals surface area contributed by atoms with E-state index in [1.165, 1.54) is 5.56 Å². The third-order valence-corrected chi connectivity index (χ3v) is 5.42. The summed E-state index contributed by atoms with van der Waals surface area (Å²) in [6.45, 7) is 3.43. The molecule has 3 aromatic rings. The van der Waals surface area contributed by atoms with Crippen LogP contribution in [0.2, 0.25) is 0 Å². The smallest absolute Gasteiger partial charge is 0.251 e. The summed E-state index contributed by atoms with van der Waals surface area (Å²) in [6, 6.07) is 11.8. The van der Waals surface area contributed by atoms with Gasteiger partial charge in [0.1, 0.15) is 0 Å². The molecule has 3 N–H and O–H groups in total. The molecule has 1 aliphatic heterocycles. The van der Waals surface area contributed by atoms with Gasteiger partial charge in [-0.25, -0.2) is 9.97 Å². The van der Waals surface area contributed by atoms with E-state index >= 15 is 0 Å². The summed E-state index contributed by atoms with van der Waals surface area (Å²) >= 11 is 0. The Morgan fingerprint density at radius 1 is 1.10 bits per heavy atom. The Morgan fingerprint density at radius 2 is 1.90 bits per heavy atom. The number of nitrogens with one attached hydrogen (secondary N) is 1. The van der Waals surface area contributed by atoms with Crippen LogP contribution in [0.15, 0.2) is 61.2 Å². The van der Waals surface area contributed by atoms with Gasteiger partial charge in [-0.2, -0.15) is 0 Å². The molecular weight excluding hydrogens is 376 g/mol. The molecular formula is C23H26N6O. The summed E-state index contributed by atoms with van der Waals surface area (Å²) in [6.07, 6.45) is 9.17. The van der Waals surface area contributed by atoms with Gasteiger partial charge in [-0.3, -0.25) is 14.7 Å². The minimum absolute atomic E-state index is 0.0509. The molecule has 7 nitrogen and oxygen atoms in total. The Kier molecular flexibility index (Phi) is 6.29. The van der Waals surface area contributed by atoms with Gasteiger partial charge in [0.2, 0.25) is 5.95 Å². The molecule has 3 heterocycles. The lowest BCUT2D eigenvalue weighted by Crippen LogP contribution is -2.23. The highest BCUT2D eigenvalue weighted by molar-refractivity contribution is 5.94. The molecule has 1 saturated heterocycles. The van der Waals surface area contributed by atoms with E-state index in [4.69, 9.17) is 5.73 Å². The van der Waals surface area contributed by atoms with Crippen molar-refractivity contribution < 1.29 is 4.79 Å². The molecule has 0 aliphatic carbocycles. The molecule has 1 unspecified atom stereocenters. The molecule has 1 aliphatic rings. The van der Waals surface area contributed by atoms with E-state index in [9.17, 15) is 4.79 Å². The second kappa shape index (κ2) is 9.45. The zero-order valence-electron chi connectivity index (χ0n) is 16.9. The first kappa shape index (κ1) is 20.0. The highest BCUT2D eigenvalue weighted by atomic mass is 16.1. The fraction of sp³-hybridized carbons (Fsp3) is 0.304. The predicted octanol–water partition coefficient (Wildman–Crippen LogP) is 2.45. The van der Waals surface area contributed by atoms with E-state index in [1.54, 1.807) is 24.8 Å². The number of benzene rings is 1. The van der Waals surface area contributed by atoms with Crippen molar-refractivity contribution in [2.24, 2.45) is 5.92 Å². The summed E-state index contributed by atoms with van der Waals surface area (Å²) in [5.74, 6) is 0.836. The number of anilines is 1. The number of nitrogens with zero attached hydrogens (tertiary/aromatic N) is 4. The molecule has 1 fully saturated rings. The third kappa shape index (κ3) is 5.39. The van der Waals surface area contributed by atoms with E-state index in [0.29, 0.717) is 24.0 Å². The largest absolute Gasteiger partial charge is 0.368 e. The number of aromatic nitrogens is 3. The van der Waals surface area contributed by atoms with Crippen LogP contribution in [0.4, 0.5) is 5.95 Å². The number of carbonyl (C=O) groups is 1. The predicted molar refractivity (Wildman–Crippen MR) is 115 cm³/mol. The molecule has 7 heteroatoms. The van der Waals surface area contributed by atoms with E-state index in [1.807, 2.05) is 30.3 Å². The minimum Gasteiger partial charge on any atom is -0.368 e. The van der Waals surface area contributed by atoms with Gasteiger partial charge in [0.25, 0.3) is 5.91 Å². The van der Waals surface area contributed by atoms with Crippen molar-refractivity contribution in [3.05, 3.63) is 83.4 Å². The summed E-state index contributed by atoms with van der Waals surface area (Å²) in [4.78, 5) is 27.1. The molecule has 154 valence electrons. The Bertz CT molecular complexity index is 976. The quantitative estimate of drug-likeness (QED) is 0.630. The molecule has 0 bridgehead atoms. The van der Waals surface area contributed by atoms with Crippen molar-refractivity contribution in [3.8, 4) is 0 Å². The van der Waals surface area contributed by atoms with Gasteiger partial charge in [0.05, 0.1) is 0 Å². The van der Waals surface area contributed by atoms with Crippen LogP contribution >= 0.6 is 0 Å². The molecule has 2 aromatic heterocycles. The summed E-state index contributed by atoms with van der Waals surface area (Å²) in [7, 11) is 0. The minimum atomic E-state index is -0.0509. The first-order valence-corrected chi connectivity index (χ1v) is 10.2. The molecule has 1 atom stereocenters. The second-order valence-electron chi connectivity index (χ2n) is 7.78. The van der Waals surface area contributed by atoms with Crippen molar-refractivity contribution in [3.63, 3.8) is 0 Å². The monoisotopic (exact) mass is 402 g/mol. The molecule has 0 radical (unpaired) electrons. The maximum atomic E-state index is 12.5. The average molecular weight is 403 g/mol. The number of nitrogens with two attached hydrogens (primary N) is 1. The van der Waals surface area contributed by atoms with Gasteiger partial charge in [-0.15, -0.1) is 0 Å². The maximum absolute atomic E-state index is 12.5. The van der Waals surface area contributed by atoms with Crippen molar-refractivity contribution in [2.45, 2.75) is 25.9 Å². The lowest BCUT2D eigenvalue weighted by molar-refractivity contribution is 0.0950. The van der Waals surface area contributed by atoms with Gasteiger partial charge < -0.3 is 11.1 Å². The van der Waals surface area contributed by atoms with E-state index in [2.05, 4.69) is 31.2 Å². The van der Waals surface area contributed by atoms with E-state index in [-0.39, 0.29) is 5.91 Å². The molecule has 0 saturated carbocycles. The van der Waals surface area contributed by atoms with Crippen molar-refractivity contribution in [1.82, 2.24) is 25.2 Å². The SMILES string of the molecule is Nc1ncc(CN2CCC(Cc3cccc(C(=O)NCc4ccncc4)c3)C2)cn1. The fourth-order valence-electron chi connectivity index (χ4n) is 3.89. The zero-order chi connectivity index (χ0) is 20.8. The molecule has 1 amide bonds. The number of amides is 1. The van der Waals surface area contributed by atoms with Crippen LogP contribution in [-0.2, 0) is 19.5 Å². The van der Waals surface area contributed by atoms with E-state index in [0.717, 1.165) is 43.6 Å². The number of pyridine rings is 1. The lowest BCUT2D eigenvalue weighted by Gasteiger charge is -2.16. The van der Waals surface area contributed by atoms with Gasteiger partial charge in [0, 0.05) is 55.5 Å². The van der Waals surface area contributed by atoms with Crippen LogP contribution in [0.25, 0.3) is 0 Å². The molecule has 4 rings (SSSR count). The normalized spacial score (nSPS) is 16.5. The first-order valence-electron chi connectivity index (χ1n) is 10.2. The van der Waals surface area contributed by atoms with E-state index < -0.39 is 0 Å². The van der Waals surface area contributed by atoms with Gasteiger partial charge in [-0.05, 0) is 60.7 Å². The topological polar surface area (TPSA) is 97.0 Å². The number of nitrogen functional groups attached to an aromatic ring is 1. The van der Waals surface area contributed by atoms with Crippen LogP contribution in [0.1, 0.15) is 33.5 Å². The van der Waals surface area contributed by atoms with Gasteiger partial charge >= 0.3 is 0 Å². The highest BCUT2D eigenvalue weighted by Gasteiger charge is 2.23. The summed E-state index contributed by atoms with van der Waals surface area (Å²) < 4.78 is 0. The zero-order valence-corrected chi connectivity index (χ0v) is 16.9. The van der Waals surface area contributed by atoms with Crippen molar-refractivity contribution >= 4 is 11.9 Å². The summed E-state index contributed by atoms with van der Waals surface area (Å²) in [5, 5.41) is 2.98. The van der Waals surface area contributed by atoms with Crippen molar-refractivity contribution in [1.29, 1.82) is 0 Å². The van der Waals surface area contributed by atoms with Crippen LogP contribution in [0, 0.1) is 5.92 Å². The third-order valence-electron chi connectivity index (χ3n) is 5.42. The standard InChI is InChI=1S/C23H26N6O/c24-23-27-13-20(14-28-23)16-29-9-6-19(15-29)10-18-2-1-3-21(11-18)22(30)26-12-17-4-7-25-8-5-17/h1-5,7-8,11,13-14,19H,6,9-10,12,15-16H2,(H,26,30)(H2,24,27,28). The van der Waals surface area contributed by atoms with Gasteiger partial charge in [0.15, 0.2) is 0 Å². The van der Waals surface area contributed by atoms with Crippen LogP contribution in [0.3, 0.4) is 0 Å². The molecule has 30 heavy (non-hydrogen) atoms. The molecule has 0 spiro atoms. The number of carbonyl (C=O) groups excluding carboxylic acids is 1. The van der Waals surface area contributed by atoms with Crippen LogP contribution in [-0.4, -0.2) is 38.8 Å². The maximum Gasteiger partial charge on any atom is 0.251 e. The van der Waals surface area contributed by atoms with Gasteiger partial charge in [-0.1, -0.05) is 12.1 Å². The Hall–Kier alpha value is -3.32. The Morgan fingerprint density at radius 3 is 2.70 bits per heavy atom. The Balaban J connectivity index is 1.29. The second-order valence-corrected chi connectivity index (χ2v) is 7.78. The fourth-order valence-corrected chi connectivity index (χ4v) is 3.89. The lowest BCUT2D eigenvalue weighted by atomic mass is 9.97. The Labute approximate surface area is 176 Å². The molecule has 1 aromatic carbocycles. The summed E-state index contributed by atoms with van der Waals surface area (Å²) in [5.41, 5.74) is 9.58. The number of hydrogen-bond acceptors (Lipinski definition) is 6. The number of hydrogen-bond donors (Lipinski definition) is 2. The number of rotatable bonds is 7. The van der Waals surface area contributed by atoms with Crippen molar-refractivity contribution in [2.75, 3.05) is 18.8 Å². The highest BCUT2D eigenvalue weighted by Crippen LogP contribution is 2.23.